The number of anilines is 1. The summed E-state index contributed by atoms with van der Waals surface area (Å²) in [6.45, 7) is 2.35. The fourth-order valence-electron chi connectivity index (χ4n) is 4.33. The number of piperidine rings is 1. The Bertz CT molecular complexity index is 804. The third-order valence-corrected chi connectivity index (χ3v) is 5.97. The van der Waals surface area contributed by atoms with E-state index in [2.05, 4.69) is 15.1 Å². The van der Waals surface area contributed by atoms with Crippen LogP contribution in [0, 0.1) is 5.92 Å². The van der Waals surface area contributed by atoms with Crippen LogP contribution >= 0.6 is 0 Å². The van der Waals surface area contributed by atoms with Crippen molar-refractivity contribution in [2.45, 2.75) is 24.5 Å². The first-order valence-electron chi connectivity index (χ1n) is 9.74. The van der Waals surface area contributed by atoms with Crippen molar-refractivity contribution in [1.29, 1.82) is 0 Å². The lowest BCUT2D eigenvalue weighted by Crippen LogP contribution is -2.56. The molecule has 0 bridgehead atoms. The van der Waals surface area contributed by atoms with E-state index in [9.17, 15) is 9.90 Å². The predicted octanol–water partition coefficient (Wildman–Crippen LogP) is 1.44. The van der Waals surface area contributed by atoms with Gasteiger partial charge in [-0.3, -0.25) is 4.79 Å². The van der Waals surface area contributed by atoms with Crippen molar-refractivity contribution in [2.24, 2.45) is 5.92 Å². The Morgan fingerprint density at radius 3 is 2.71 bits per heavy atom. The monoisotopic (exact) mass is 382 g/mol. The molecule has 148 valence electrons. The number of carbonyl (C=O) groups excluding carboxylic acids is 1. The smallest absolute Gasteiger partial charge is 0.227 e. The molecule has 28 heavy (non-hydrogen) atoms. The maximum atomic E-state index is 13.1. The van der Waals surface area contributed by atoms with E-state index >= 15 is 0 Å². The van der Waals surface area contributed by atoms with Crippen LogP contribution in [0.5, 0.6) is 0 Å². The highest BCUT2D eigenvalue weighted by Crippen LogP contribution is 2.35. The number of aromatic nitrogens is 2. The number of hydrogen-bond acceptors (Lipinski definition) is 6. The summed E-state index contributed by atoms with van der Waals surface area (Å²) in [5.41, 5.74) is -0.239. The molecule has 1 amide bonds. The normalized spacial score (nSPS) is 27.8. The summed E-state index contributed by atoms with van der Waals surface area (Å²) in [4.78, 5) is 17.1. The molecule has 2 aromatic rings. The minimum Gasteiger partial charge on any atom is -0.382 e. The van der Waals surface area contributed by atoms with Crippen LogP contribution in [-0.2, 0) is 15.1 Å². The molecule has 1 aromatic carbocycles. The number of amides is 1. The molecule has 0 spiro atoms. The lowest BCUT2D eigenvalue weighted by molar-refractivity contribution is -0.160. The van der Waals surface area contributed by atoms with Crippen molar-refractivity contribution in [3.05, 3.63) is 54.2 Å². The van der Waals surface area contributed by atoms with Gasteiger partial charge < -0.3 is 19.6 Å². The van der Waals surface area contributed by atoms with E-state index in [0.29, 0.717) is 26.1 Å². The molecule has 2 fully saturated rings. The first-order chi connectivity index (χ1) is 13.6. The molecule has 3 heterocycles. The van der Waals surface area contributed by atoms with Crippen LogP contribution in [0.15, 0.2) is 48.7 Å². The van der Waals surface area contributed by atoms with Crippen molar-refractivity contribution >= 4 is 11.7 Å². The van der Waals surface area contributed by atoms with Gasteiger partial charge in [-0.25, -0.2) is 0 Å². The Hall–Kier alpha value is -2.51. The summed E-state index contributed by atoms with van der Waals surface area (Å²) >= 11 is 0. The molecule has 2 saturated heterocycles. The minimum absolute atomic E-state index is 0.0672. The first-order valence-corrected chi connectivity index (χ1v) is 9.74. The van der Waals surface area contributed by atoms with E-state index in [1.165, 1.54) is 0 Å². The van der Waals surface area contributed by atoms with E-state index in [1.807, 2.05) is 47.4 Å². The van der Waals surface area contributed by atoms with E-state index in [0.717, 1.165) is 24.3 Å². The largest absolute Gasteiger partial charge is 0.382 e. The number of benzene rings is 1. The van der Waals surface area contributed by atoms with Crippen LogP contribution in [0.25, 0.3) is 0 Å². The minimum atomic E-state index is -1.08. The van der Waals surface area contributed by atoms with E-state index in [-0.39, 0.29) is 11.8 Å². The number of rotatable bonds is 4. The zero-order chi connectivity index (χ0) is 19.6. The number of aliphatic hydroxyl groups is 1. The Morgan fingerprint density at radius 2 is 2.00 bits per heavy atom. The highest BCUT2D eigenvalue weighted by atomic mass is 16.5. The zero-order valence-electron chi connectivity index (χ0n) is 16.1. The number of nitrogens with zero attached hydrogens (tertiary/aromatic N) is 4. The summed E-state index contributed by atoms with van der Waals surface area (Å²) < 4.78 is 5.62. The van der Waals surface area contributed by atoms with Gasteiger partial charge in [0.1, 0.15) is 11.7 Å². The van der Waals surface area contributed by atoms with Gasteiger partial charge in [0.05, 0.1) is 5.92 Å². The topological polar surface area (TPSA) is 78.8 Å². The Balaban J connectivity index is 1.43. The molecule has 0 saturated carbocycles. The van der Waals surface area contributed by atoms with Gasteiger partial charge in [0.15, 0.2) is 5.82 Å². The van der Waals surface area contributed by atoms with Gasteiger partial charge >= 0.3 is 0 Å². The Morgan fingerprint density at radius 1 is 1.18 bits per heavy atom. The van der Waals surface area contributed by atoms with Crippen LogP contribution in [0.4, 0.5) is 5.82 Å². The number of ether oxygens (including phenoxy) is 1. The highest BCUT2D eigenvalue weighted by molar-refractivity contribution is 5.80. The molecule has 1 aromatic heterocycles. The molecule has 7 heteroatoms. The molecule has 1 N–H and O–H groups in total. The molecular formula is C21H26N4O3. The fraction of sp³-hybridized carbons (Fsp3) is 0.476. The molecule has 2 aliphatic heterocycles. The van der Waals surface area contributed by atoms with Crippen molar-refractivity contribution in [1.82, 2.24) is 15.1 Å². The van der Waals surface area contributed by atoms with Gasteiger partial charge in [0.2, 0.25) is 5.91 Å². The van der Waals surface area contributed by atoms with E-state index in [1.54, 1.807) is 13.3 Å². The molecular weight excluding hydrogens is 356 g/mol. The molecule has 3 atom stereocenters. The van der Waals surface area contributed by atoms with Crippen LogP contribution in [0.1, 0.15) is 18.4 Å². The molecule has 0 radical (unpaired) electrons. The van der Waals surface area contributed by atoms with Gasteiger partial charge in [-0.1, -0.05) is 30.3 Å². The van der Waals surface area contributed by atoms with Crippen molar-refractivity contribution < 1.29 is 14.6 Å². The predicted molar refractivity (Wildman–Crippen MR) is 105 cm³/mol. The van der Waals surface area contributed by atoms with Crippen LogP contribution < -0.4 is 4.90 Å². The molecule has 7 nitrogen and oxygen atoms in total. The SMILES string of the molecule is COC1CN(C(=O)C2CCN(c3cccnn3)C2)CCC1(O)c1ccccc1. The van der Waals surface area contributed by atoms with Gasteiger partial charge in [-0.15, -0.1) is 5.10 Å². The number of methoxy groups -OCH3 is 1. The fourth-order valence-corrected chi connectivity index (χ4v) is 4.33. The Labute approximate surface area is 164 Å². The van der Waals surface area contributed by atoms with E-state index < -0.39 is 11.7 Å². The second kappa shape index (κ2) is 7.85. The van der Waals surface area contributed by atoms with Gasteiger partial charge in [0.25, 0.3) is 0 Å². The average Bonchev–Trinajstić information content (AvgIpc) is 3.25. The average molecular weight is 382 g/mol. The second-order valence-electron chi connectivity index (χ2n) is 7.56. The molecule has 2 aliphatic rings. The maximum absolute atomic E-state index is 13.1. The van der Waals surface area contributed by atoms with Crippen molar-refractivity contribution in [3.63, 3.8) is 0 Å². The van der Waals surface area contributed by atoms with Crippen molar-refractivity contribution in [3.8, 4) is 0 Å². The lowest BCUT2D eigenvalue weighted by Gasteiger charge is -2.44. The quantitative estimate of drug-likeness (QED) is 0.862. The highest BCUT2D eigenvalue weighted by Gasteiger charge is 2.45. The summed E-state index contributed by atoms with van der Waals surface area (Å²) in [5.74, 6) is 0.871. The molecule has 0 aliphatic carbocycles. The van der Waals surface area contributed by atoms with Gasteiger partial charge in [-0.2, -0.15) is 5.10 Å². The standard InChI is InChI=1S/C21H26N4O3/c1-28-18-15-25(13-10-21(18,27)17-6-3-2-4-7-17)20(26)16-9-12-24(14-16)19-8-5-11-22-23-19/h2-8,11,16,18,27H,9-10,12-15H2,1H3. The second-order valence-corrected chi connectivity index (χ2v) is 7.56. The van der Waals surface area contributed by atoms with Crippen molar-refractivity contribution in [2.75, 3.05) is 38.2 Å². The lowest BCUT2D eigenvalue weighted by atomic mass is 9.81. The van der Waals surface area contributed by atoms with Gasteiger partial charge in [0, 0.05) is 45.9 Å². The number of likely N-dealkylation sites (tertiary alicyclic amines) is 1. The first kappa shape index (κ1) is 18.8. The maximum Gasteiger partial charge on any atom is 0.227 e. The van der Waals surface area contributed by atoms with Crippen LogP contribution in [-0.4, -0.2) is 65.5 Å². The molecule has 3 unspecified atom stereocenters. The molecule has 4 rings (SSSR count). The summed E-state index contributed by atoms with van der Waals surface area (Å²) in [6.07, 6.45) is 2.45. The third kappa shape index (κ3) is 3.47. The van der Waals surface area contributed by atoms with E-state index in [4.69, 9.17) is 4.74 Å². The Kier molecular flexibility index (Phi) is 5.28. The number of hydrogen-bond donors (Lipinski definition) is 1. The summed E-state index contributed by atoms with van der Waals surface area (Å²) in [5, 5.41) is 19.3. The summed E-state index contributed by atoms with van der Waals surface area (Å²) in [6, 6.07) is 13.4. The third-order valence-electron chi connectivity index (χ3n) is 5.97. The van der Waals surface area contributed by atoms with Crippen LogP contribution in [0.3, 0.4) is 0 Å². The number of carbonyl (C=O) groups is 1. The van der Waals surface area contributed by atoms with Crippen LogP contribution in [0.2, 0.25) is 0 Å². The zero-order valence-corrected chi connectivity index (χ0v) is 16.1. The van der Waals surface area contributed by atoms with Gasteiger partial charge in [-0.05, 0) is 24.1 Å². The summed E-state index contributed by atoms with van der Waals surface area (Å²) in [7, 11) is 1.60.